The van der Waals surface area contributed by atoms with Crippen LogP contribution in [-0.4, -0.2) is 24.8 Å². The Morgan fingerprint density at radius 2 is 1.89 bits per heavy atom. The summed E-state index contributed by atoms with van der Waals surface area (Å²) in [6, 6.07) is 7.00. The molecule has 2 rings (SSSR count). The van der Waals surface area contributed by atoms with Crippen LogP contribution in [0.4, 0.5) is 0 Å². The molecular weight excluding hydrogens is 326 g/mol. The molecule has 0 N–H and O–H groups in total. The average Bonchev–Trinajstić information content (AvgIpc) is 2.68. The molecule has 5 heteroatoms. The van der Waals surface area contributed by atoms with Gasteiger partial charge in [-0.25, -0.2) is 8.42 Å². The summed E-state index contributed by atoms with van der Waals surface area (Å²) >= 11 is 3.49. The predicted octanol–water partition coefficient (Wildman–Crippen LogP) is 3.45. The summed E-state index contributed by atoms with van der Waals surface area (Å²) in [7, 11) is -3.46. The minimum atomic E-state index is -3.46. The van der Waals surface area contributed by atoms with Gasteiger partial charge in [0, 0.05) is 11.0 Å². The zero-order chi connectivity index (χ0) is 14.3. The standard InChI is InChI=1S/C14H18BrNO2S/c1-4-14(3)13(15)9-10-16(14)19(17,18)12-7-5-11(2)6-8-12/h5-9H,4,10H2,1-3H3. The lowest BCUT2D eigenvalue weighted by Crippen LogP contribution is -2.46. The monoisotopic (exact) mass is 343 g/mol. The Kier molecular flexibility index (Phi) is 3.91. The van der Waals surface area contributed by atoms with E-state index in [-0.39, 0.29) is 0 Å². The number of nitrogens with zero attached hydrogens (tertiary/aromatic N) is 1. The maximum Gasteiger partial charge on any atom is 0.244 e. The number of benzene rings is 1. The highest BCUT2D eigenvalue weighted by molar-refractivity contribution is 9.11. The Balaban J connectivity index is 2.44. The molecule has 0 fully saturated rings. The summed E-state index contributed by atoms with van der Waals surface area (Å²) in [5.41, 5.74) is 0.571. The van der Waals surface area contributed by atoms with Crippen LogP contribution in [-0.2, 0) is 10.0 Å². The molecule has 1 unspecified atom stereocenters. The lowest BCUT2D eigenvalue weighted by atomic mass is 10.0. The minimum absolute atomic E-state index is 0.355. The fourth-order valence-electron chi connectivity index (χ4n) is 2.25. The first-order valence-electron chi connectivity index (χ1n) is 6.28. The smallest absolute Gasteiger partial charge is 0.207 e. The van der Waals surface area contributed by atoms with Gasteiger partial charge in [-0.2, -0.15) is 4.31 Å². The van der Waals surface area contributed by atoms with Gasteiger partial charge in [0.2, 0.25) is 10.0 Å². The molecule has 0 spiro atoms. The van der Waals surface area contributed by atoms with E-state index in [2.05, 4.69) is 15.9 Å². The van der Waals surface area contributed by atoms with Crippen LogP contribution in [0.25, 0.3) is 0 Å². The van der Waals surface area contributed by atoms with Gasteiger partial charge in [0.05, 0.1) is 10.4 Å². The number of hydrogen-bond donors (Lipinski definition) is 0. The van der Waals surface area contributed by atoms with Crippen LogP contribution < -0.4 is 0 Å². The predicted molar refractivity (Wildman–Crippen MR) is 80.8 cm³/mol. The summed E-state index contributed by atoms with van der Waals surface area (Å²) in [6.07, 6.45) is 2.66. The van der Waals surface area contributed by atoms with Crippen LogP contribution in [0, 0.1) is 6.92 Å². The average molecular weight is 344 g/mol. The first-order valence-corrected chi connectivity index (χ1v) is 8.51. The second-order valence-corrected chi connectivity index (χ2v) is 7.75. The number of rotatable bonds is 3. The van der Waals surface area contributed by atoms with Crippen molar-refractivity contribution in [3.8, 4) is 0 Å². The lowest BCUT2D eigenvalue weighted by molar-refractivity contribution is 0.290. The fraction of sp³-hybridized carbons (Fsp3) is 0.429. The summed E-state index contributed by atoms with van der Waals surface area (Å²) in [5.74, 6) is 0. The molecule has 1 atom stereocenters. The molecule has 3 nitrogen and oxygen atoms in total. The highest BCUT2D eigenvalue weighted by Gasteiger charge is 2.44. The maximum absolute atomic E-state index is 12.7. The van der Waals surface area contributed by atoms with E-state index in [0.717, 1.165) is 16.5 Å². The van der Waals surface area contributed by atoms with Crippen molar-refractivity contribution in [2.24, 2.45) is 0 Å². The molecule has 0 radical (unpaired) electrons. The normalized spacial score (nSPS) is 24.5. The van der Waals surface area contributed by atoms with Gasteiger partial charge in [-0.3, -0.25) is 0 Å². The van der Waals surface area contributed by atoms with Crippen molar-refractivity contribution in [3.63, 3.8) is 0 Å². The molecule has 0 aliphatic carbocycles. The van der Waals surface area contributed by atoms with Gasteiger partial charge < -0.3 is 0 Å². The molecule has 1 aliphatic heterocycles. The third-order valence-corrected chi connectivity index (χ3v) is 6.98. The second kappa shape index (κ2) is 5.04. The van der Waals surface area contributed by atoms with Gasteiger partial charge in [0.1, 0.15) is 0 Å². The van der Waals surface area contributed by atoms with Crippen molar-refractivity contribution in [1.29, 1.82) is 0 Å². The quantitative estimate of drug-likeness (QED) is 0.842. The highest BCUT2D eigenvalue weighted by Crippen LogP contribution is 2.40. The van der Waals surface area contributed by atoms with E-state index in [0.29, 0.717) is 11.4 Å². The van der Waals surface area contributed by atoms with Crippen molar-refractivity contribution in [2.45, 2.75) is 37.6 Å². The van der Waals surface area contributed by atoms with E-state index in [9.17, 15) is 8.42 Å². The largest absolute Gasteiger partial charge is 0.244 e. The SMILES string of the molecule is CCC1(C)C(Br)=CCN1S(=O)(=O)c1ccc(C)cc1. The van der Waals surface area contributed by atoms with Crippen molar-refractivity contribution in [1.82, 2.24) is 4.31 Å². The number of hydrogen-bond acceptors (Lipinski definition) is 2. The Hall–Kier alpha value is -0.650. The molecule has 104 valence electrons. The van der Waals surface area contributed by atoms with Crippen LogP contribution in [0.2, 0.25) is 0 Å². The topological polar surface area (TPSA) is 37.4 Å². The van der Waals surface area contributed by atoms with Crippen molar-refractivity contribution < 1.29 is 8.42 Å². The van der Waals surface area contributed by atoms with Crippen molar-refractivity contribution in [2.75, 3.05) is 6.54 Å². The van der Waals surface area contributed by atoms with Gasteiger partial charge in [-0.05, 0) is 32.4 Å². The van der Waals surface area contributed by atoms with Crippen LogP contribution in [0.5, 0.6) is 0 Å². The first-order chi connectivity index (χ1) is 8.82. The second-order valence-electron chi connectivity index (χ2n) is 5.03. The summed E-state index contributed by atoms with van der Waals surface area (Å²) in [6.45, 7) is 6.31. The van der Waals surface area contributed by atoms with E-state index >= 15 is 0 Å². The zero-order valence-corrected chi connectivity index (χ0v) is 13.8. The molecule has 0 bridgehead atoms. The molecule has 0 amide bonds. The molecule has 1 aliphatic rings. The zero-order valence-electron chi connectivity index (χ0n) is 11.4. The third-order valence-electron chi connectivity index (χ3n) is 3.80. The number of halogens is 1. The molecule has 1 heterocycles. The summed E-state index contributed by atoms with van der Waals surface area (Å²) in [5, 5.41) is 0. The Morgan fingerprint density at radius 3 is 2.42 bits per heavy atom. The van der Waals surface area contributed by atoms with E-state index < -0.39 is 15.6 Å². The molecule has 1 aromatic rings. The van der Waals surface area contributed by atoms with Gasteiger partial charge in [-0.1, -0.05) is 46.6 Å². The van der Waals surface area contributed by atoms with Gasteiger partial charge in [0.25, 0.3) is 0 Å². The van der Waals surface area contributed by atoms with Crippen molar-refractivity contribution in [3.05, 3.63) is 40.4 Å². The molecule has 0 saturated carbocycles. The van der Waals surface area contributed by atoms with E-state index in [1.54, 1.807) is 16.4 Å². The van der Waals surface area contributed by atoms with Crippen LogP contribution in [0.3, 0.4) is 0 Å². The summed E-state index contributed by atoms with van der Waals surface area (Å²) < 4.78 is 28.0. The van der Waals surface area contributed by atoms with E-state index in [1.807, 2.05) is 39.0 Å². The fourth-order valence-corrected chi connectivity index (χ4v) is 4.77. The lowest BCUT2D eigenvalue weighted by Gasteiger charge is -2.34. The Bertz CT molecular complexity index is 607. The highest BCUT2D eigenvalue weighted by atomic mass is 79.9. The maximum atomic E-state index is 12.7. The molecule has 19 heavy (non-hydrogen) atoms. The van der Waals surface area contributed by atoms with Gasteiger partial charge in [0.15, 0.2) is 0 Å². The Morgan fingerprint density at radius 1 is 1.32 bits per heavy atom. The molecule has 0 aromatic heterocycles. The van der Waals surface area contributed by atoms with Gasteiger partial charge >= 0.3 is 0 Å². The van der Waals surface area contributed by atoms with E-state index in [4.69, 9.17) is 0 Å². The summed E-state index contributed by atoms with van der Waals surface area (Å²) in [4.78, 5) is 0.355. The van der Waals surface area contributed by atoms with Crippen molar-refractivity contribution >= 4 is 26.0 Å². The van der Waals surface area contributed by atoms with Gasteiger partial charge in [-0.15, -0.1) is 0 Å². The van der Waals surface area contributed by atoms with Crippen LogP contribution in [0.1, 0.15) is 25.8 Å². The molecule has 1 aromatic carbocycles. The Labute approximate surface area is 123 Å². The first kappa shape index (κ1) is 14.8. The van der Waals surface area contributed by atoms with E-state index in [1.165, 1.54) is 0 Å². The minimum Gasteiger partial charge on any atom is -0.207 e. The molecular formula is C14H18BrNO2S. The number of sulfonamides is 1. The van der Waals surface area contributed by atoms with Crippen LogP contribution >= 0.6 is 15.9 Å². The molecule has 0 saturated heterocycles. The number of aryl methyl sites for hydroxylation is 1. The van der Waals surface area contributed by atoms with Crippen LogP contribution in [0.15, 0.2) is 39.7 Å². The third kappa shape index (κ3) is 2.39.